The van der Waals surface area contributed by atoms with Gasteiger partial charge in [0.05, 0.1) is 11.6 Å². The molecule has 3 nitrogen and oxygen atoms in total. The molecule has 0 aliphatic rings. The van der Waals surface area contributed by atoms with Gasteiger partial charge in [-0.05, 0) is 47.2 Å². The van der Waals surface area contributed by atoms with Crippen molar-refractivity contribution in [3.8, 4) is 6.07 Å². The largest absolute Gasteiger partial charge is 0.352 e. The summed E-state index contributed by atoms with van der Waals surface area (Å²) < 4.78 is 13.4. The first-order valence-electron chi connectivity index (χ1n) is 4.75. The van der Waals surface area contributed by atoms with Gasteiger partial charge in [-0.2, -0.15) is 5.26 Å². The van der Waals surface area contributed by atoms with Gasteiger partial charge in [-0.1, -0.05) is 0 Å². The van der Waals surface area contributed by atoms with Crippen LogP contribution in [0.5, 0.6) is 0 Å². The summed E-state index contributed by atoms with van der Waals surface area (Å²) in [6, 6.07) is 6.02. The highest BCUT2D eigenvalue weighted by atomic mass is 127. The molecule has 5 heteroatoms. The second-order valence-corrected chi connectivity index (χ2v) is 4.30. The Morgan fingerprint density at radius 3 is 2.94 bits per heavy atom. The molecule has 1 aromatic carbocycles. The number of carbonyl (C=O) groups excluding carboxylic acids is 1. The fraction of sp³-hybridized carbons (Fsp3) is 0.273. The van der Waals surface area contributed by atoms with Crippen LogP contribution in [-0.4, -0.2) is 12.5 Å². The van der Waals surface area contributed by atoms with Gasteiger partial charge in [-0.15, -0.1) is 0 Å². The van der Waals surface area contributed by atoms with Crippen molar-refractivity contribution < 1.29 is 9.18 Å². The van der Waals surface area contributed by atoms with Crippen LogP contribution in [0.15, 0.2) is 18.2 Å². The Balaban J connectivity index is 2.57. The minimum Gasteiger partial charge on any atom is -0.352 e. The van der Waals surface area contributed by atoms with E-state index in [2.05, 4.69) is 5.32 Å². The molecule has 0 unspecified atom stereocenters. The average Bonchev–Trinajstić information content (AvgIpc) is 2.24. The van der Waals surface area contributed by atoms with E-state index in [0.29, 0.717) is 28.5 Å². The summed E-state index contributed by atoms with van der Waals surface area (Å²) in [5, 5.41) is 11.0. The van der Waals surface area contributed by atoms with Crippen LogP contribution < -0.4 is 5.32 Å². The molecule has 1 amide bonds. The van der Waals surface area contributed by atoms with Gasteiger partial charge in [0, 0.05) is 16.5 Å². The van der Waals surface area contributed by atoms with E-state index in [1.165, 1.54) is 18.2 Å². The highest BCUT2D eigenvalue weighted by Gasteiger charge is 2.09. The van der Waals surface area contributed by atoms with Crippen molar-refractivity contribution in [3.05, 3.63) is 33.1 Å². The molecular weight excluding hydrogens is 322 g/mol. The van der Waals surface area contributed by atoms with Crippen molar-refractivity contribution >= 4 is 28.5 Å². The highest BCUT2D eigenvalue weighted by Crippen LogP contribution is 2.13. The zero-order valence-corrected chi connectivity index (χ0v) is 10.6. The summed E-state index contributed by atoms with van der Waals surface area (Å²) in [7, 11) is 0. The Hall–Kier alpha value is -1.16. The molecule has 84 valence electrons. The monoisotopic (exact) mass is 332 g/mol. The molecular formula is C11H10FIN2O. The molecule has 0 heterocycles. The molecule has 16 heavy (non-hydrogen) atoms. The number of carbonyl (C=O) groups is 1. The average molecular weight is 332 g/mol. The summed E-state index contributed by atoms with van der Waals surface area (Å²) in [4.78, 5) is 11.6. The van der Waals surface area contributed by atoms with Gasteiger partial charge in [0.25, 0.3) is 5.91 Å². The number of nitriles is 1. The van der Waals surface area contributed by atoms with Crippen molar-refractivity contribution in [1.29, 1.82) is 5.26 Å². The minimum atomic E-state index is -0.356. The zero-order valence-electron chi connectivity index (χ0n) is 8.46. The number of halogens is 2. The van der Waals surface area contributed by atoms with E-state index in [4.69, 9.17) is 5.26 Å². The predicted molar refractivity (Wildman–Crippen MR) is 66.3 cm³/mol. The van der Waals surface area contributed by atoms with Gasteiger partial charge < -0.3 is 5.32 Å². The van der Waals surface area contributed by atoms with E-state index in [9.17, 15) is 9.18 Å². The molecule has 0 bridgehead atoms. The number of benzene rings is 1. The number of nitrogens with one attached hydrogen (secondary N) is 1. The van der Waals surface area contributed by atoms with Crippen molar-refractivity contribution in [2.45, 2.75) is 12.8 Å². The first kappa shape index (κ1) is 12.9. The summed E-state index contributed by atoms with van der Waals surface area (Å²) >= 11 is 1.92. The number of nitrogens with zero attached hydrogens (tertiary/aromatic N) is 1. The first-order chi connectivity index (χ1) is 7.65. The highest BCUT2D eigenvalue weighted by molar-refractivity contribution is 14.1. The van der Waals surface area contributed by atoms with Crippen LogP contribution in [0.4, 0.5) is 4.39 Å². The first-order valence-corrected chi connectivity index (χ1v) is 5.83. The molecule has 0 saturated heterocycles. The lowest BCUT2D eigenvalue weighted by Crippen LogP contribution is -2.25. The van der Waals surface area contributed by atoms with Crippen molar-refractivity contribution in [1.82, 2.24) is 5.32 Å². The Bertz CT molecular complexity index is 428. The number of hydrogen-bond donors (Lipinski definition) is 1. The van der Waals surface area contributed by atoms with Gasteiger partial charge in [0.15, 0.2) is 0 Å². The molecule has 0 aliphatic heterocycles. The Kier molecular flexibility index (Phi) is 5.19. The lowest BCUT2D eigenvalue weighted by molar-refractivity contribution is 0.0952. The second kappa shape index (κ2) is 6.43. The van der Waals surface area contributed by atoms with Gasteiger partial charge in [0.1, 0.15) is 5.82 Å². The van der Waals surface area contributed by atoms with E-state index < -0.39 is 0 Å². The maximum Gasteiger partial charge on any atom is 0.252 e. The third-order valence-electron chi connectivity index (χ3n) is 1.93. The predicted octanol–water partition coefficient (Wildman–Crippen LogP) is 2.46. The van der Waals surface area contributed by atoms with Crippen LogP contribution in [0, 0.1) is 20.7 Å². The van der Waals surface area contributed by atoms with E-state index in [1.807, 2.05) is 28.7 Å². The number of unbranched alkanes of at least 4 members (excludes halogenated alkanes) is 1. The van der Waals surface area contributed by atoms with Crippen LogP contribution in [0.25, 0.3) is 0 Å². The third-order valence-corrected chi connectivity index (χ3v) is 2.82. The molecule has 0 radical (unpaired) electrons. The van der Waals surface area contributed by atoms with E-state index in [1.54, 1.807) is 0 Å². The van der Waals surface area contributed by atoms with Crippen LogP contribution >= 0.6 is 22.6 Å². The van der Waals surface area contributed by atoms with Crippen molar-refractivity contribution in [2.24, 2.45) is 0 Å². The normalized spacial score (nSPS) is 9.56. The molecule has 0 atom stereocenters. The molecule has 0 aromatic heterocycles. The van der Waals surface area contributed by atoms with Gasteiger partial charge in [0.2, 0.25) is 0 Å². The van der Waals surface area contributed by atoms with Crippen molar-refractivity contribution in [3.63, 3.8) is 0 Å². The van der Waals surface area contributed by atoms with Crippen LogP contribution in [0.1, 0.15) is 23.2 Å². The number of rotatable bonds is 4. The van der Waals surface area contributed by atoms with Gasteiger partial charge in [-0.3, -0.25) is 4.79 Å². The summed E-state index contributed by atoms with van der Waals surface area (Å²) in [5.41, 5.74) is 0.457. The standard InChI is InChI=1S/C11H10FIN2O/c12-8-3-4-9(10(13)7-8)11(16)15-6-2-1-5-14/h3-4,7H,1-2,6H2,(H,15,16). The zero-order chi connectivity index (χ0) is 12.0. The van der Waals surface area contributed by atoms with E-state index in [-0.39, 0.29) is 11.7 Å². The Morgan fingerprint density at radius 2 is 2.31 bits per heavy atom. The SMILES string of the molecule is N#CCCCNC(=O)c1ccc(F)cc1I. The van der Waals surface area contributed by atoms with Gasteiger partial charge >= 0.3 is 0 Å². The summed E-state index contributed by atoms with van der Waals surface area (Å²) in [5.74, 6) is -0.590. The van der Waals surface area contributed by atoms with E-state index in [0.717, 1.165) is 0 Å². The maximum atomic E-state index is 12.8. The lowest BCUT2D eigenvalue weighted by atomic mass is 10.2. The summed E-state index contributed by atoms with van der Waals surface area (Å²) in [6.45, 7) is 0.458. The Morgan fingerprint density at radius 1 is 1.56 bits per heavy atom. The van der Waals surface area contributed by atoms with Crippen molar-refractivity contribution in [2.75, 3.05) is 6.54 Å². The lowest BCUT2D eigenvalue weighted by Gasteiger charge is -2.05. The molecule has 0 fully saturated rings. The molecule has 0 saturated carbocycles. The third kappa shape index (κ3) is 3.77. The molecule has 1 aromatic rings. The van der Waals surface area contributed by atoms with Crippen LogP contribution in [0.3, 0.4) is 0 Å². The van der Waals surface area contributed by atoms with Crippen LogP contribution in [0.2, 0.25) is 0 Å². The minimum absolute atomic E-state index is 0.234. The van der Waals surface area contributed by atoms with Crippen LogP contribution in [-0.2, 0) is 0 Å². The molecule has 0 aliphatic carbocycles. The number of amides is 1. The molecule has 1 N–H and O–H groups in total. The quantitative estimate of drug-likeness (QED) is 0.680. The fourth-order valence-corrected chi connectivity index (χ4v) is 1.86. The maximum absolute atomic E-state index is 12.8. The molecule has 1 rings (SSSR count). The second-order valence-electron chi connectivity index (χ2n) is 3.14. The Labute approximate surface area is 107 Å². The topological polar surface area (TPSA) is 52.9 Å². The van der Waals surface area contributed by atoms with Gasteiger partial charge in [-0.25, -0.2) is 4.39 Å². The molecule has 0 spiro atoms. The number of hydrogen-bond acceptors (Lipinski definition) is 2. The smallest absolute Gasteiger partial charge is 0.252 e. The van der Waals surface area contributed by atoms with E-state index >= 15 is 0 Å². The summed E-state index contributed by atoms with van der Waals surface area (Å²) in [6.07, 6.45) is 1.04. The fourth-order valence-electron chi connectivity index (χ4n) is 1.14.